The quantitative estimate of drug-likeness (QED) is 0.520. The van der Waals surface area contributed by atoms with Crippen molar-refractivity contribution >= 4 is 34.7 Å². The third kappa shape index (κ3) is 4.98. The third-order valence-electron chi connectivity index (χ3n) is 6.31. The lowest BCUT2D eigenvalue weighted by Crippen LogP contribution is -2.35. The van der Waals surface area contributed by atoms with Gasteiger partial charge in [0.05, 0.1) is 29.6 Å². The minimum atomic E-state index is -0.384. The Hall–Kier alpha value is -3.50. The molecule has 0 bridgehead atoms. The van der Waals surface area contributed by atoms with Crippen molar-refractivity contribution < 1.29 is 14.3 Å². The van der Waals surface area contributed by atoms with Crippen LogP contribution in [0, 0.1) is 0 Å². The molecule has 2 atom stereocenters. The molecule has 3 aromatic rings. The average Bonchev–Trinajstić information content (AvgIpc) is 3.59. The fraction of sp³-hybridized carbons (Fsp3) is 0.375. The number of hydrogen-bond acceptors (Lipinski definition) is 6. The van der Waals surface area contributed by atoms with Crippen molar-refractivity contribution in [3.63, 3.8) is 0 Å². The van der Waals surface area contributed by atoms with Crippen LogP contribution in [0.4, 0.5) is 5.69 Å². The molecule has 0 radical (unpaired) electrons. The van der Waals surface area contributed by atoms with E-state index in [0.29, 0.717) is 27.6 Å². The van der Waals surface area contributed by atoms with Gasteiger partial charge in [0.2, 0.25) is 5.91 Å². The average molecular weight is 496 g/mol. The van der Waals surface area contributed by atoms with Gasteiger partial charge in [0.15, 0.2) is 5.65 Å². The number of amides is 2. The van der Waals surface area contributed by atoms with E-state index in [-0.39, 0.29) is 36.4 Å². The normalized spacial score (nSPS) is 20.2. The second kappa shape index (κ2) is 10.0. The third-order valence-corrected chi connectivity index (χ3v) is 6.57. The molecule has 10 nitrogen and oxygen atoms in total. The summed E-state index contributed by atoms with van der Waals surface area (Å²) in [5.41, 5.74) is 1.77. The summed E-state index contributed by atoms with van der Waals surface area (Å²) in [5.74, 6) is -0.852. The first-order valence-corrected chi connectivity index (χ1v) is 11.9. The van der Waals surface area contributed by atoms with Crippen LogP contribution in [0.2, 0.25) is 0 Å². The van der Waals surface area contributed by atoms with E-state index in [1.807, 2.05) is 12.2 Å². The predicted octanol–water partition coefficient (Wildman–Crippen LogP) is 3.03. The van der Waals surface area contributed by atoms with Crippen LogP contribution in [-0.4, -0.2) is 55.4 Å². The summed E-state index contributed by atoms with van der Waals surface area (Å²) in [4.78, 5) is 30.1. The minimum absolute atomic E-state index is 0.0370. The molecular formula is C24H26ClN7O3. The number of hydrogen-bond donors (Lipinski definition) is 2. The van der Waals surface area contributed by atoms with E-state index in [9.17, 15) is 9.59 Å². The number of halogens is 1. The number of rotatable bonds is 7. The van der Waals surface area contributed by atoms with Gasteiger partial charge in [0, 0.05) is 36.8 Å². The van der Waals surface area contributed by atoms with Gasteiger partial charge in [0.1, 0.15) is 12.1 Å². The molecule has 5 rings (SSSR count). The summed E-state index contributed by atoms with van der Waals surface area (Å²) in [6.45, 7) is 0.0370. The Morgan fingerprint density at radius 1 is 1.29 bits per heavy atom. The molecule has 2 aliphatic rings. The van der Waals surface area contributed by atoms with Crippen LogP contribution >= 0.6 is 11.6 Å². The molecule has 2 N–H and O–H groups in total. The molecule has 0 saturated heterocycles. The van der Waals surface area contributed by atoms with Crippen LogP contribution in [0.5, 0.6) is 0 Å². The molecule has 11 heteroatoms. The smallest absolute Gasteiger partial charge is 0.261 e. The van der Waals surface area contributed by atoms with Gasteiger partial charge in [-0.2, -0.15) is 10.2 Å². The van der Waals surface area contributed by atoms with Crippen LogP contribution in [0.15, 0.2) is 54.1 Å². The van der Waals surface area contributed by atoms with E-state index in [4.69, 9.17) is 16.3 Å². The highest BCUT2D eigenvalue weighted by atomic mass is 35.5. The molecule has 0 spiro atoms. The predicted molar refractivity (Wildman–Crippen MR) is 130 cm³/mol. The molecule has 3 aromatic heterocycles. The summed E-state index contributed by atoms with van der Waals surface area (Å²) in [7, 11) is 1.60. The number of carbonyl (C=O) groups is 2. The topological polar surface area (TPSA) is 115 Å². The number of methoxy groups -OCH3 is 1. The zero-order valence-electron chi connectivity index (χ0n) is 19.2. The van der Waals surface area contributed by atoms with Gasteiger partial charge >= 0.3 is 0 Å². The van der Waals surface area contributed by atoms with Gasteiger partial charge < -0.3 is 15.4 Å². The van der Waals surface area contributed by atoms with Gasteiger partial charge in [-0.15, -0.1) is 0 Å². The fourth-order valence-electron chi connectivity index (χ4n) is 4.62. The van der Waals surface area contributed by atoms with E-state index in [1.54, 1.807) is 37.8 Å². The van der Waals surface area contributed by atoms with Crippen molar-refractivity contribution in [1.29, 1.82) is 0 Å². The van der Waals surface area contributed by atoms with Gasteiger partial charge in [-0.25, -0.2) is 9.50 Å². The van der Waals surface area contributed by atoms with Crippen molar-refractivity contribution in [2.75, 3.05) is 12.4 Å². The SMILES string of the molecule is COC1C=CC(Cl)=CC1c1nn(CC(=O)NC2CCCC2)cc1NC(=O)c1cnn2cccnc12. The second-order valence-electron chi connectivity index (χ2n) is 8.71. The number of aromatic nitrogens is 5. The molecule has 0 aliphatic heterocycles. The van der Waals surface area contributed by atoms with Crippen LogP contribution < -0.4 is 10.6 Å². The Bertz CT molecular complexity index is 1310. The fourth-order valence-corrected chi connectivity index (χ4v) is 4.82. The molecule has 2 aliphatic carbocycles. The molecular weight excluding hydrogens is 470 g/mol. The van der Waals surface area contributed by atoms with Gasteiger partial charge in [-0.05, 0) is 25.0 Å². The maximum atomic E-state index is 13.2. The Morgan fingerprint density at radius 2 is 2.11 bits per heavy atom. The van der Waals surface area contributed by atoms with Crippen molar-refractivity contribution in [2.24, 2.45) is 0 Å². The van der Waals surface area contributed by atoms with Crippen molar-refractivity contribution in [2.45, 2.75) is 50.3 Å². The van der Waals surface area contributed by atoms with E-state index < -0.39 is 0 Å². The number of allylic oxidation sites excluding steroid dienone is 2. The van der Waals surface area contributed by atoms with Crippen LogP contribution in [-0.2, 0) is 16.1 Å². The van der Waals surface area contributed by atoms with E-state index in [2.05, 4.69) is 25.8 Å². The second-order valence-corrected chi connectivity index (χ2v) is 9.15. The molecule has 3 heterocycles. The highest BCUT2D eigenvalue weighted by Crippen LogP contribution is 2.34. The zero-order chi connectivity index (χ0) is 24.4. The number of fused-ring (bicyclic) bond motifs is 1. The number of nitrogens with one attached hydrogen (secondary N) is 2. The maximum absolute atomic E-state index is 13.2. The van der Waals surface area contributed by atoms with Crippen LogP contribution in [0.1, 0.15) is 47.7 Å². The van der Waals surface area contributed by atoms with E-state index in [1.165, 1.54) is 15.4 Å². The zero-order valence-corrected chi connectivity index (χ0v) is 20.0. The lowest BCUT2D eigenvalue weighted by atomic mass is 9.93. The number of carbonyl (C=O) groups excluding carboxylic acids is 2. The van der Waals surface area contributed by atoms with Crippen LogP contribution in [0.25, 0.3) is 5.65 Å². The molecule has 2 unspecified atom stereocenters. The molecule has 1 fully saturated rings. The summed E-state index contributed by atoms with van der Waals surface area (Å²) < 4.78 is 8.69. The number of nitrogens with zero attached hydrogens (tertiary/aromatic N) is 5. The standard InChI is InChI=1S/C24H26ClN7O3/c1-35-20-8-7-15(25)11-17(20)22-19(13-31(30-22)14-21(33)28-16-5-2-3-6-16)29-24(34)18-12-27-32-10-4-9-26-23(18)32/h4,7-13,16-17,20H,2-3,5-6,14H2,1H3,(H,28,33)(H,29,34). The van der Waals surface area contributed by atoms with Crippen molar-refractivity contribution in [3.05, 3.63) is 65.4 Å². The molecule has 35 heavy (non-hydrogen) atoms. The van der Waals surface area contributed by atoms with Gasteiger partial charge in [-0.1, -0.05) is 36.6 Å². The van der Waals surface area contributed by atoms with Crippen molar-refractivity contribution in [1.82, 2.24) is 29.7 Å². The Morgan fingerprint density at radius 3 is 2.91 bits per heavy atom. The summed E-state index contributed by atoms with van der Waals surface area (Å²) in [6.07, 6.45) is 15.8. The Kier molecular flexibility index (Phi) is 6.65. The van der Waals surface area contributed by atoms with Crippen molar-refractivity contribution in [3.8, 4) is 0 Å². The lowest BCUT2D eigenvalue weighted by molar-refractivity contribution is -0.122. The molecule has 2 amide bonds. The Labute approximate surface area is 207 Å². The largest absolute Gasteiger partial charge is 0.376 e. The van der Waals surface area contributed by atoms with Crippen LogP contribution in [0.3, 0.4) is 0 Å². The highest BCUT2D eigenvalue weighted by molar-refractivity contribution is 6.31. The van der Waals surface area contributed by atoms with E-state index >= 15 is 0 Å². The van der Waals surface area contributed by atoms with Gasteiger partial charge in [0.25, 0.3) is 5.91 Å². The lowest BCUT2D eigenvalue weighted by Gasteiger charge is -2.23. The summed E-state index contributed by atoms with van der Waals surface area (Å²) in [6, 6.07) is 1.95. The summed E-state index contributed by atoms with van der Waals surface area (Å²) >= 11 is 6.29. The Balaban J connectivity index is 1.44. The summed E-state index contributed by atoms with van der Waals surface area (Å²) in [5, 5.41) is 15.4. The first kappa shape index (κ1) is 23.3. The number of anilines is 1. The molecule has 182 valence electrons. The maximum Gasteiger partial charge on any atom is 0.261 e. The monoisotopic (exact) mass is 495 g/mol. The minimum Gasteiger partial charge on any atom is -0.376 e. The van der Waals surface area contributed by atoms with Gasteiger partial charge in [-0.3, -0.25) is 14.3 Å². The van der Waals surface area contributed by atoms with E-state index in [0.717, 1.165) is 25.7 Å². The molecule has 1 saturated carbocycles. The highest BCUT2D eigenvalue weighted by Gasteiger charge is 2.29. The number of ether oxygens (including phenoxy) is 1. The first-order valence-electron chi connectivity index (χ1n) is 11.6. The molecule has 0 aromatic carbocycles. The first-order chi connectivity index (χ1) is 17.0.